The van der Waals surface area contributed by atoms with E-state index < -0.39 is 5.91 Å². The molecule has 0 saturated heterocycles. The largest absolute Gasteiger partial charge is 0.484 e. The van der Waals surface area contributed by atoms with Crippen LogP contribution in [0.4, 0.5) is 0 Å². The van der Waals surface area contributed by atoms with Crippen LogP contribution < -0.4 is 15.6 Å². The smallest absolute Gasteiger partial charge is 0.276 e. The first-order valence-corrected chi connectivity index (χ1v) is 8.41. The molecule has 3 aromatic rings. The van der Waals surface area contributed by atoms with E-state index in [9.17, 15) is 9.59 Å². The first kappa shape index (κ1) is 17.0. The second-order valence-electron chi connectivity index (χ2n) is 5.34. The van der Waals surface area contributed by atoms with Crippen molar-refractivity contribution < 1.29 is 14.3 Å². The summed E-state index contributed by atoms with van der Waals surface area (Å²) in [5.74, 6) is -0.185. The molecule has 3 rings (SSSR count). The lowest BCUT2D eigenvalue weighted by Crippen LogP contribution is -2.45. The highest BCUT2D eigenvalue weighted by Gasteiger charge is 2.08. The van der Waals surface area contributed by atoms with E-state index in [1.807, 2.05) is 53.2 Å². The fourth-order valence-electron chi connectivity index (χ4n) is 2.33. The number of benzene rings is 2. The van der Waals surface area contributed by atoms with Gasteiger partial charge in [-0.1, -0.05) is 34.1 Å². The fourth-order valence-corrected chi connectivity index (χ4v) is 2.59. The summed E-state index contributed by atoms with van der Waals surface area (Å²) in [7, 11) is 0. The number of aromatic nitrogens is 1. The quantitative estimate of drug-likeness (QED) is 0.645. The third-order valence-electron chi connectivity index (χ3n) is 3.52. The first-order valence-electron chi connectivity index (χ1n) is 7.62. The standard InChI is InChI=1S/C18H16BrN3O3/c19-14-5-7-15(8-6-14)25-12-18(24)21-20-17(23)11-22-10-9-13-3-1-2-4-16(13)22/h1-10H,11-12H2,(H,20,23)(H,21,24). The van der Waals surface area contributed by atoms with Crippen LogP contribution in [0.1, 0.15) is 0 Å². The summed E-state index contributed by atoms with van der Waals surface area (Å²) in [4.78, 5) is 23.7. The lowest BCUT2D eigenvalue weighted by Gasteiger charge is -2.10. The monoisotopic (exact) mass is 401 g/mol. The molecule has 2 aromatic carbocycles. The molecule has 2 amide bonds. The highest BCUT2D eigenvalue weighted by Crippen LogP contribution is 2.16. The minimum Gasteiger partial charge on any atom is -0.484 e. The van der Waals surface area contributed by atoms with Gasteiger partial charge in [0.25, 0.3) is 11.8 Å². The summed E-state index contributed by atoms with van der Waals surface area (Å²) in [5.41, 5.74) is 5.68. The zero-order valence-electron chi connectivity index (χ0n) is 13.2. The third-order valence-corrected chi connectivity index (χ3v) is 4.05. The SMILES string of the molecule is O=C(COc1ccc(Br)cc1)NNC(=O)Cn1ccc2ccccc21. The molecule has 0 aliphatic heterocycles. The Morgan fingerprint density at radius 2 is 1.68 bits per heavy atom. The van der Waals surface area contributed by atoms with Crippen LogP contribution in [-0.2, 0) is 16.1 Å². The van der Waals surface area contributed by atoms with E-state index in [4.69, 9.17) is 4.74 Å². The van der Waals surface area contributed by atoms with Crippen LogP contribution in [0.5, 0.6) is 5.75 Å². The molecule has 0 bridgehead atoms. The number of hydrogen-bond donors (Lipinski definition) is 2. The maximum Gasteiger partial charge on any atom is 0.276 e. The molecular formula is C18H16BrN3O3. The molecule has 0 radical (unpaired) electrons. The van der Waals surface area contributed by atoms with E-state index >= 15 is 0 Å². The number of amides is 2. The molecule has 1 heterocycles. The van der Waals surface area contributed by atoms with E-state index in [0.717, 1.165) is 15.4 Å². The zero-order valence-corrected chi connectivity index (χ0v) is 14.8. The minimum absolute atomic E-state index is 0.112. The number of carbonyl (C=O) groups is 2. The van der Waals surface area contributed by atoms with Gasteiger partial charge in [-0.2, -0.15) is 0 Å². The molecule has 0 unspecified atom stereocenters. The molecule has 128 valence electrons. The van der Waals surface area contributed by atoms with Gasteiger partial charge >= 0.3 is 0 Å². The molecule has 0 aliphatic rings. The zero-order chi connectivity index (χ0) is 17.6. The summed E-state index contributed by atoms with van der Waals surface area (Å²) in [5, 5.41) is 1.06. The molecule has 25 heavy (non-hydrogen) atoms. The Balaban J connectivity index is 1.45. The van der Waals surface area contributed by atoms with Crippen LogP contribution >= 0.6 is 15.9 Å². The Morgan fingerprint density at radius 1 is 0.960 bits per heavy atom. The molecule has 0 aliphatic carbocycles. The van der Waals surface area contributed by atoms with Crippen molar-refractivity contribution in [1.82, 2.24) is 15.4 Å². The molecule has 0 fully saturated rings. The van der Waals surface area contributed by atoms with E-state index in [2.05, 4.69) is 26.8 Å². The van der Waals surface area contributed by atoms with Crippen molar-refractivity contribution in [2.45, 2.75) is 6.54 Å². The summed E-state index contributed by atoms with van der Waals surface area (Å²) >= 11 is 3.32. The molecule has 1 aromatic heterocycles. The number of para-hydroxylation sites is 1. The minimum atomic E-state index is -0.436. The Bertz CT molecular complexity index is 890. The Labute approximate surface area is 152 Å². The number of carbonyl (C=O) groups excluding carboxylic acids is 2. The van der Waals surface area contributed by atoms with Crippen molar-refractivity contribution >= 4 is 38.6 Å². The van der Waals surface area contributed by atoms with Gasteiger partial charge in [-0.15, -0.1) is 0 Å². The number of hydrazine groups is 1. The number of halogens is 1. The maximum atomic E-state index is 12.0. The molecule has 2 N–H and O–H groups in total. The molecule has 7 heteroatoms. The average Bonchev–Trinajstić information content (AvgIpc) is 3.02. The number of fused-ring (bicyclic) bond motifs is 1. The van der Waals surface area contributed by atoms with Crippen molar-refractivity contribution in [3.63, 3.8) is 0 Å². The van der Waals surface area contributed by atoms with Crippen molar-refractivity contribution in [3.05, 3.63) is 65.3 Å². The Hall–Kier alpha value is -2.80. The van der Waals surface area contributed by atoms with Crippen LogP contribution in [0.25, 0.3) is 10.9 Å². The van der Waals surface area contributed by atoms with Crippen LogP contribution in [0.2, 0.25) is 0 Å². The molecule has 6 nitrogen and oxygen atoms in total. The molecular weight excluding hydrogens is 386 g/mol. The van der Waals surface area contributed by atoms with E-state index in [-0.39, 0.29) is 19.1 Å². The predicted octanol–water partition coefficient (Wildman–Crippen LogP) is 2.63. The average molecular weight is 402 g/mol. The van der Waals surface area contributed by atoms with E-state index in [0.29, 0.717) is 5.75 Å². The van der Waals surface area contributed by atoms with Crippen molar-refractivity contribution in [3.8, 4) is 5.75 Å². The van der Waals surface area contributed by atoms with E-state index in [1.165, 1.54) is 0 Å². The van der Waals surface area contributed by atoms with Gasteiger partial charge in [0.05, 0.1) is 0 Å². The highest BCUT2D eigenvalue weighted by molar-refractivity contribution is 9.10. The summed E-state index contributed by atoms with van der Waals surface area (Å²) < 4.78 is 8.07. The normalized spacial score (nSPS) is 10.4. The number of ether oxygens (including phenoxy) is 1. The summed E-state index contributed by atoms with van der Waals surface area (Å²) in [6.07, 6.45) is 1.84. The summed E-state index contributed by atoms with van der Waals surface area (Å²) in [6, 6.07) is 16.8. The Morgan fingerprint density at radius 3 is 2.48 bits per heavy atom. The van der Waals surface area contributed by atoms with Gasteiger partial charge in [0.1, 0.15) is 12.3 Å². The molecule has 0 saturated carbocycles. The van der Waals surface area contributed by atoms with Gasteiger partial charge in [-0.25, -0.2) is 0 Å². The maximum absolute atomic E-state index is 12.0. The van der Waals surface area contributed by atoms with Gasteiger partial charge < -0.3 is 9.30 Å². The first-order chi connectivity index (χ1) is 12.1. The number of rotatable bonds is 5. The number of nitrogens with zero attached hydrogens (tertiary/aromatic N) is 1. The van der Waals surface area contributed by atoms with Gasteiger partial charge in [-0.3, -0.25) is 20.4 Å². The molecule has 0 spiro atoms. The van der Waals surface area contributed by atoms with Crippen molar-refractivity contribution in [2.24, 2.45) is 0 Å². The van der Waals surface area contributed by atoms with Crippen LogP contribution in [0.3, 0.4) is 0 Å². The topological polar surface area (TPSA) is 72.4 Å². The van der Waals surface area contributed by atoms with Gasteiger partial charge in [0.15, 0.2) is 6.61 Å². The number of hydrogen-bond acceptors (Lipinski definition) is 3. The highest BCUT2D eigenvalue weighted by atomic mass is 79.9. The van der Waals surface area contributed by atoms with Crippen LogP contribution in [0, 0.1) is 0 Å². The molecule has 0 atom stereocenters. The predicted molar refractivity (Wildman–Crippen MR) is 97.9 cm³/mol. The lowest BCUT2D eigenvalue weighted by atomic mass is 10.2. The lowest BCUT2D eigenvalue weighted by molar-refractivity contribution is -0.130. The van der Waals surface area contributed by atoms with Gasteiger partial charge in [0, 0.05) is 16.2 Å². The van der Waals surface area contributed by atoms with Gasteiger partial charge in [-0.05, 0) is 41.8 Å². The second kappa shape index (κ2) is 7.85. The van der Waals surface area contributed by atoms with Crippen molar-refractivity contribution in [1.29, 1.82) is 0 Å². The van der Waals surface area contributed by atoms with Gasteiger partial charge in [0.2, 0.25) is 0 Å². The third kappa shape index (κ3) is 4.60. The summed E-state index contributed by atoms with van der Waals surface area (Å²) in [6.45, 7) is -0.0737. The van der Waals surface area contributed by atoms with Crippen molar-refractivity contribution in [2.75, 3.05) is 6.61 Å². The fraction of sp³-hybridized carbons (Fsp3) is 0.111. The van der Waals surface area contributed by atoms with Crippen LogP contribution in [0.15, 0.2) is 65.3 Å². The number of nitrogens with one attached hydrogen (secondary N) is 2. The second-order valence-corrected chi connectivity index (χ2v) is 6.26. The van der Waals surface area contributed by atoms with E-state index in [1.54, 1.807) is 12.1 Å². The van der Waals surface area contributed by atoms with Crippen LogP contribution in [-0.4, -0.2) is 23.0 Å². The Kier molecular flexibility index (Phi) is 5.35.